The number of Topliss-reactive ketones (excluding diaryl/α,β-unsaturated/α-hetero) is 1. The molecule has 0 heterocycles. The largest absolute Gasteiger partial charge is 0.328 e. The van der Waals surface area contributed by atoms with Crippen LogP contribution in [-0.2, 0) is 5.54 Å². The molecule has 1 aliphatic rings. The zero-order valence-corrected chi connectivity index (χ0v) is 13.5. The first kappa shape index (κ1) is 15.6. The van der Waals surface area contributed by atoms with Gasteiger partial charge in [-0.3, -0.25) is 4.79 Å². The lowest BCUT2D eigenvalue weighted by molar-refractivity contribution is 0.101. The van der Waals surface area contributed by atoms with Crippen molar-refractivity contribution in [3.63, 3.8) is 0 Å². The van der Waals surface area contributed by atoms with Gasteiger partial charge in [0, 0.05) is 16.3 Å². The van der Waals surface area contributed by atoms with E-state index < -0.39 is 0 Å². The van der Waals surface area contributed by atoms with Gasteiger partial charge in [-0.2, -0.15) is 0 Å². The number of halogens is 1. The van der Waals surface area contributed by atoms with Crippen LogP contribution in [0.4, 0.5) is 10.5 Å². The smallest absolute Gasteiger partial charge is 0.319 e. The molecule has 0 radical (unpaired) electrons. The summed E-state index contributed by atoms with van der Waals surface area (Å²) < 4.78 is 0. The lowest BCUT2D eigenvalue weighted by Crippen LogP contribution is -2.38. The molecule has 0 aliphatic heterocycles. The van der Waals surface area contributed by atoms with E-state index in [9.17, 15) is 9.59 Å². The maximum atomic E-state index is 12.2. The van der Waals surface area contributed by atoms with Crippen LogP contribution in [-0.4, -0.2) is 11.8 Å². The van der Waals surface area contributed by atoms with E-state index >= 15 is 0 Å². The van der Waals surface area contributed by atoms with Crippen molar-refractivity contribution in [2.45, 2.75) is 25.3 Å². The van der Waals surface area contributed by atoms with Crippen LogP contribution >= 0.6 is 11.6 Å². The number of carbonyl (C=O) groups excluding carboxylic acids is 2. The highest BCUT2D eigenvalue weighted by molar-refractivity contribution is 6.30. The summed E-state index contributed by atoms with van der Waals surface area (Å²) in [5.41, 5.74) is 2.03. The first-order valence-electron chi connectivity index (χ1n) is 7.45. The molecular formula is C18H17ClN2O2. The van der Waals surface area contributed by atoms with Crippen molar-refractivity contribution in [3.8, 4) is 0 Å². The Morgan fingerprint density at radius 1 is 1.00 bits per heavy atom. The second kappa shape index (κ2) is 6.05. The van der Waals surface area contributed by atoms with Crippen LogP contribution in [0.2, 0.25) is 5.02 Å². The zero-order chi connectivity index (χ0) is 16.4. The first-order chi connectivity index (χ1) is 11.0. The van der Waals surface area contributed by atoms with Gasteiger partial charge in [0.25, 0.3) is 0 Å². The van der Waals surface area contributed by atoms with Gasteiger partial charge < -0.3 is 10.6 Å². The number of urea groups is 1. The van der Waals surface area contributed by atoms with Gasteiger partial charge in [0.15, 0.2) is 5.78 Å². The molecule has 118 valence electrons. The normalized spacial score (nSPS) is 14.9. The minimum absolute atomic E-state index is 0.000623. The topological polar surface area (TPSA) is 58.2 Å². The van der Waals surface area contributed by atoms with E-state index in [1.165, 1.54) is 6.92 Å². The van der Waals surface area contributed by atoms with Gasteiger partial charge in [0.2, 0.25) is 0 Å². The fourth-order valence-electron chi connectivity index (χ4n) is 2.55. The van der Waals surface area contributed by atoms with Gasteiger partial charge in [0.05, 0.1) is 5.54 Å². The summed E-state index contributed by atoms with van der Waals surface area (Å²) in [4.78, 5) is 23.5. The Morgan fingerprint density at radius 2 is 1.61 bits per heavy atom. The molecule has 4 nitrogen and oxygen atoms in total. The second-order valence-electron chi connectivity index (χ2n) is 5.80. The first-order valence-corrected chi connectivity index (χ1v) is 7.83. The molecule has 5 heteroatoms. The number of rotatable bonds is 4. The Morgan fingerprint density at radius 3 is 2.13 bits per heavy atom. The molecule has 0 spiro atoms. The zero-order valence-electron chi connectivity index (χ0n) is 12.7. The fourth-order valence-corrected chi connectivity index (χ4v) is 2.67. The third-order valence-corrected chi connectivity index (χ3v) is 4.30. The molecule has 1 aliphatic carbocycles. The third-order valence-electron chi connectivity index (χ3n) is 4.05. The van der Waals surface area contributed by atoms with Gasteiger partial charge in [-0.1, -0.05) is 23.7 Å². The lowest BCUT2D eigenvalue weighted by Gasteiger charge is -2.18. The fraction of sp³-hybridized carbons (Fsp3) is 0.222. The van der Waals surface area contributed by atoms with Crippen molar-refractivity contribution in [2.75, 3.05) is 5.32 Å². The molecule has 0 aromatic heterocycles. The summed E-state index contributed by atoms with van der Waals surface area (Å²) in [6.07, 6.45) is 1.82. The number of benzene rings is 2. The van der Waals surface area contributed by atoms with E-state index in [2.05, 4.69) is 10.6 Å². The predicted octanol–water partition coefficient (Wildman–Crippen LogP) is 4.35. The molecule has 2 aromatic rings. The van der Waals surface area contributed by atoms with Crippen LogP contribution in [0.1, 0.15) is 35.7 Å². The average Bonchev–Trinajstić information content (AvgIpc) is 3.29. The van der Waals surface area contributed by atoms with E-state index in [1.807, 2.05) is 24.3 Å². The minimum atomic E-state index is -0.298. The van der Waals surface area contributed by atoms with Crippen molar-refractivity contribution in [2.24, 2.45) is 0 Å². The summed E-state index contributed by atoms with van der Waals surface area (Å²) in [5, 5.41) is 6.51. The highest BCUT2D eigenvalue weighted by atomic mass is 35.5. The van der Waals surface area contributed by atoms with Crippen LogP contribution < -0.4 is 10.6 Å². The molecule has 23 heavy (non-hydrogen) atoms. The quantitative estimate of drug-likeness (QED) is 0.819. The Hall–Kier alpha value is -2.33. The van der Waals surface area contributed by atoms with Gasteiger partial charge in [0.1, 0.15) is 0 Å². The summed E-state index contributed by atoms with van der Waals surface area (Å²) in [7, 11) is 0. The van der Waals surface area contributed by atoms with Gasteiger partial charge in [-0.25, -0.2) is 4.79 Å². The van der Waals surface area contributed by atoms with Crippen molar-refractivity contribution >= 4 is 29.1 Å². The molecule has 1 saturated carbocycles. The molecule has 0 bridgehead atoms. The van der Waals surface area contributed by atoms with Crippen LogP contribution in [0, 0.1) is 0 Å². The van der Waals surface area contributed by atoms with Gasteiger partial charge in [-0.05, 0) is 61.7 Å². The minimum Gasteiger partial charge on any atom is -0.328 e. The highest BCUT2D eigenvalue weighted by Gasteiger charge is 2.45. The number of ketones is 1. The highest BCUT2D eigenvalue weighted by Crippen LogP contribution is 2.45. The Labute approximate surface area is 139 Å². The third kappa shape index (κ3) is 3.54. The number of nitrogens with one attached hydrogen (secondary N) is 2. The van der Waals surface area contributed by atoms with Gasteiger partial charge >= 0.3 is 6.03 Å². The standard InChI is InChI=1S/C18H17ClN2O2/c1-12(22)13-2-8-16(9-3-13)20-17(23)21-18(10-11-18)14-4-6-15(19)7-5-14/h2-9H,10-11H2,1H3,(H2,20,21,23). The summed E-state index contributed by atoms with van der Waals surface area (Å²) >= 11 is 5.91. The monoisotopic (exact) mass is 328 g/mol. The summed E-state index contributed by atoms with van der Waals surface area (Å²) in [6, 6.07) is 14.1. The van der Waals surface area contributed by atoms with E-state index in [-0.39, 0.29) is 17.4 Å². The van der Waals surface area contributed by atoms with Crippen LogP contribution in [0.25, 0.3) is 0 Å². The van der Waals surface area contributed by atoms with Crippen molar-refractivity contribution < 1.29 is 9.59 Å². The van der Waals surface area contributed by atoms with E-state index in [4.69, 9.17) is 11.6 Å². The molecule has 0 saturated heterocycles. The molecule has 1 fully saturated rings. The maximum absolute atomic E-state index is 12.2. The van der Waals surface area contributed by atoms with Crippen LogP contribution in [0.15, 0.2) is 48.5 Å². The van der Waals surface area contributed by atoms with Gasteiger partial charge in [-0.15, -0.1) is 0 Å². The number of anilines is 1. The van der Waals surface area contributed by atoms with Crippen LogP contribution in [0.3, 0.4) is 0 Å². The number of hydrogen-bond acceptors (Lipinski definition) is 2. The molecule has 2 aromatic carbocycles. The van der Waals surface area contributed by atoms with Crippen molar-refractivity contribution in [1.29, 1.82) is 0 Å². The molecule has 2 amide bonds. The number of carbonyl (C=O) groups is 2. The summed E-state index contributed by atoms with van der Waals surface area (Å²) in [6.45, 7) is 1.51. The van der Waals surface area contributed by atoms with Crippen molar-refractivity contribution in [3.05, 3.63) is 64.7 Å². The number of hydrogen-bond donors (Lipinski definition) is 2. The molecule has 3 rings (SSSR count). The average molecular weight is 329 g/mol. The van der Waals surface area contributed by atoms with Crippen LogP contribution in [0.5, 0.6) is 0 Å². The van der Waals surface area contributed by atoms with Crippen molar-refractivity contribution in [1.82, 2.24) is 5.32 Å². The SMILES string of the molecule is CC(=O)c1ccc(NC(=O)NC2(c3ccc(Cl)cc3)CC2)cc1. The Bertz CT molecular complexity index is 735. The van der Waals surface area contributed by atoms with E-state index in [1.54, 1.807) is 24.3 Å². The lowest BCUT2D eigenvalue weighted by atomic mass is 10.1. The summed E-state index contributed by atoms with van der Waals surface area (Å²) in [5.74, 6) is 0.000623. The molecular weight excluding hydrogens is 312 g/mol. The number of amides is 2. The van der Waals surface area contributed by atoms with E-state index in [0.29, 0.717) is 16.3 Å². The predicted molar refractivity (Wildman–Crippen MR) is 91.0 cm³/mol. The van der Waals surface area contributed by atoms with E-state index in [0.717, 1.165) is 18.4 Å². The molecule has 0 unspecified atom stereocenters. The molecule has 0 atom stereocenters. The second-order valence-corrected chi connectivity index (χ2v) is 6.24. The Balaban J connectivity index is 1.65. The Kier molecular flexibility index (Phi) is 4.09. The maximum Gasteiger partial charge on any atom is 0.319 e. The molecule has 2 N–H and O–H groups in total.